The number of furan rings is 1. The molecule has 0 spiro atoms. The van der Waals surface area contributed by atoms with Gasteiger partial charge in [-0.05, 0) is 30.2 Å². The largest absolute Gasteiger partial charge is 0.467 e. The average Bonchev–Trinajstić information content (AvgIpc) is 3.05. The lowest BCUT2D eigenvalue weighted by atomic mass is 10.0. The van der Waals surface area contributed by atoms with E-state index in [1.54, 1.807) is 6.26 Å². The van der Waals surface area contributed by atoms with E-state index < -0.39 is 0 Å². The second-order valence-electron chi connectivity index (χ2n) is 5.14. The topological polar surface area (TPSA) is 68.3 Å². The van der Waals surface area contributed by atoms with Crippen molar-refractivity contribution in [2.45, 2.75) is 25.8 Å². The van der Waals surface area contributed by atoms with Crippen LogP contribution in [0.2, 0.25) is 0 Å². The standard InChI is InChI=1S/C17H22N2O2/c1-2-13(12-18)11-16(20)19-17(15-9-6-10-21-15)14-7-4-3-5-8-14/h3-10,13,17H,2,11-12,18H2,1H3,(H,19,20). The highest BCUT2D eigenvalue weighted by Crippen LogP contribution is 2.22. The summed E-state index contributed by atoms with van der Waals surface area (Å²) >= 11 is 0. The summed E-state index contributed by atoms with van der Waals surface area (Å²) in [6.07, 6.45) is 2.96. The average molecular weight is 286 g/mol. The normalized spacial score (nSPS) is 13.6. The number of carbonyl (C=O) groups is 1. The van der Waals surface area contributed by atoms with E-state index in [9.17, 15) is 4.79 Å². The zero-order valence-electron chi connectivity index (χ0n) is 12.3. The maximum atomic E-state index is 12.2. The summed E-state index contributed by atoms with van der Waals surface area (Å²) in [6.45, 7) is 2.58. The van der Waals surface area contributed by atoms with Gasteiger partial charge in [0, 0.05) is 6.42 Å². The molecule has 0 saturated heterocycles. The highest BCUT2D eigenvalue weighted by molar-refractivity contribution is 5.77. The minimum atomic E-state index is -0.260. The Balaban J connectivity index is 2.12. The molecule has 4 nitrogen and oxygen atoms in total. The van der Waals surface area contributed by atoms with Crippen molar-refractivity contribution in [2.24, 2.45) is 11.7 Å². The van der Waals surface area contributed by atoms with E-state index in [4.69, 9.17) is 10.2 Å². The van der Waals surface area contributed by atoms with Crippen LogP contribution in [0.3, 0.4) is 0 Å². The summed E-state index contributed by atoms with van der Waals surface area (Å²) in [5, 5.41) is 3.05. The minimum absolute atomic E-state index is 0.00227. The van der Waals surface area contributed by atoms with Gasteiger partial charge in [0.15, 0.2) is 0 Å². The first-order valence-corrected chi connectivity index (χ1v) is 7.32. The molecule has 0 radical (unpaired) electrons. The fourth-order valence-electron chi connectivity index (χ4n) is 2.30. The molecule has 1 heterocycles. The SMILES string of the molecule is CCC(CN)CC(=O)NC(c1ccccc1)c1ccco1. The third-order valence-corrected chi connectivity index (χ3v) is 3.65. The van der Waals surface area contributed by atoms with Gasteiger partial charge in [-0.1, -0.05) is 43.7 Å². The predicted octanol–water partition coefficient (Wildman–Crippen LogP) is 2.86. The number of rotatable bonds is 7. The Labute approximate surface area is 125 Å². The first-order valence-electron chi connectivity index (χ1n) is 7.32. The maximum Gasteiger partial charge on any atom is 0.221 e. The maximum absolute atomic E-state index is 12.2. The predicted molar refractivity (Wildman–Crippen MR) is 82.6 cm³/mol. The fraction of sp³-hybridized carbons (Fsp3) is 0.353. The zero-order chi connectivity index (χ0) is 15.1. The van der Waals surface area contributed by atoms with Crippen molar-refractivity contribution < 1.29 is 9.21 Å². The van der Waals surface area contributed by atoms with Crippen LogP contribution >= 0.6 is 0 Å². The summed E-state index contributed by atoms with van der Waals surface area (Å²) in [5.41, 5.74) is 6.67. The Morgan fingerprint density at radius 2 is 2.00 bits per heavy atom. The number of carbonyl (C=O) groups excluding carboxylic acids is 1. The van der Waals surface area contributed by atoms with Crippen LogP contribution in [0.15, 0.2) is 53.1 Å². The molecule has 0 bridgehead atoms. The van der Waals surface area contributed by atoms with Crippen molar-refractivity contribution in [3.05, 3.63) is 60.1 Å². The van der Waals surface area contributed by atoms with Gasteiger partial charge >= 0.3 is 0 Å². The molecule has 3 N–H and O–H groups in total. The van der Waals surface area contributed by atoms with Gasteiger partial charge in [0.05, 0.1) is 6.26 Å². The van der Waals surface area contributed by atoms with Gasteiger partial charge in [-0.2, -0.15) is 0 Å². The van der Waals surface area contributed by atoms with Crippen LogP contribution in [0.5, 0.6) is 0 Å². The summed E-state index contributed by atoms with van der Waals surface area (Å²) in [5.74, 6) is 0.950. The smallest absolute Gasteiger partial charge is 0.221 e. The third kappa shape index (κ3) is 4.20. The molecule has 4 heteroatoms. The second kappa shape index (κ2) is 7.64. The molecule has 112 valence electrons. The minimum Gasteiger partial charge on any atom is -0.467 e. The molecule has 1 amide bonds. The number of hydrogen-bond donors (Lipinski definition) is 2. The lowest BCUT2D eigenvalue weighted by molar-refractivity contribution is -0.122. The Bertz CT molecular complexity index is 533. The van der Waals surface area contributed by atoms with Gasteiger partial charge in [0.25, 0.3) is 0 Å². The third-order valence-electron chi connectivity index (χ3n) is 3.65. The van der Waals surface area contributed by atoms with Gasteiger partial charge in [0.1, 0.15) is 11.8 Å². The van der Waals surface area contributed by atoms with E-state index >= 15 is 0 Å². The number of amides is 1. The Kier molecular flexibility index (Phi) is 5.58. The van der Waals surface area contributed by atoms with Crippen LogP contribution in [0, 0.1) is 5.92 Å². The molecule has 0 aliphatic rings. The van der Waals surface area contributed by atoms with Gasteiger partial charge in [0.2, 0.25) is 5.91 Å². The molecule has 2 unspecified atom stereocenters. The Hall–Kier alpha value is -2.07. The van der Waals surface area contributed by atoms with Crippen LogP contribution in [0.1, 0.15) is 37.1 Å². The lowest BCUT2D eigenvalue weighted by Crippen LogP contribution is -2.31. The summed E-state index contributed by atoms with van der Waals surface area (Å²) in [6, 6.07) is 13.2. The van der Waals surface area contributed by atoms with Crippen molar-refractivity contribution in [3.8, 4) is 0 Å². The van der Waals surface area contributed by atoms with E-state index in [-0.39, 0.29) is 17.9 Å². The summed E-state index contributed by atoms with van der Waals surface area (Å²) in [7, 11) is 0. The van der Waals surface area contributed by atoms with E-state index in [1.807, 2.05) is 49.4 Å². The van der Waals surface area contributed by atoms with Crippen LogP contribution in [-0.2, 0) is 4.79 Å². The molecular formula is C17H22N2O2. The van der Waals surface area contributed by atoms with Crippen LogP contribution in [0.25, 0.3) is 0 Å². The van der Waals surface area contributed by atoms with Gasteiger partial charge in [-0.25, -0.2) is 0 Å². The monoisotopic (exact) mass is 286 g/mol. The lowest BCUT2D eigenvalue weighted by Gasteiger charge is -2.19. The number of nitrogens with one attached hydrogen (secondary N) is 1. The molecule has 1 aromatic carbocycles. The molecular weight excluding hydrogens is 264 g/mol. The van der Waals surface area contributed by atoms with Crippen molar-refractivity contribution in [1.82, 2.24) is 5.32 Å². The van der Waals surface area contributed by atoms with Crippen LogP contribution < -0.4 is 11.1 Å². The van der Waals surface area contributed by atoms with E-state index in [0.29, 0.717) is 13.0 Å². The van der Waals surface area contributed by atoms with Gasteiger partial charge < -0.3 is 15.5 Å². The molecule has 2 rings (SSSR count). The number of hydrogen-bond acceptors (Lipinski definition) is 3. The summed E-state index contributed by atoms with van der Waals surface area (Å²) < 4.78 is 5.47. The van der Waals surface area contributed by atoms with Gasteiger partial charge in [-0.3, -0.25) is 4.79 Å². The first kappa shape index (κ1) is 15.3. The molecule has 2 aromatic rings. The highest BCUT2D eigenvalue weighted by atomic mass is 16.3. The Morgan fingerprint density at radius 3 is 2.57 bits per heavy atom. The van der Waals surface area contributed by atoms with Crippen LogP contribution in [-0.4, -0.2) is 12.5 Å². The highest BCUT2D eigenvalue weighted by Gasteiger charge is 2.20. The van der Waals surface area contributed by atoms with Crippen molar-refractivity contribution >= 4 is 5.91 Å². The van der Waals surface area contributed by atoms with E-state index in [1.165, 1.54) is 0 Å². The first-order chi connectivity index (χ1) is 10.2. The Morgan fingerprint density at radius 1 is 1.24 bits per heavy atom. The summed E-state index contributed by atoms with van der Waals surface area (Å²) in [4.78, 5) is 12.2. The second-order valence-corrected chi connectivity index (χ2v) is 5.14. The number of benzene rings is 1. The molecule has 0 saturated carbocycles. The zero-order valence-corrected chi connectivity index (χ0v) is 12.3. The fourth-order valence-corrected chi connectivity index (χ4v) is 2.30. The quantitative estimate of drug-likeness (QED) is 0.822. The van der Waals surface area contributed by atoms with Crippen molar-refractivity contribution in [1.29, 1.82) is 0 Å². The number of nitrogens with two attached hydrogens (primary N) is 1. The molecule has 0 aliphatic carbocycles. The molecule has 0 fully saturated rings. The van der Waals surface area contributed by atoms with E-state index in [2.05, 4.69) is 5.32 Å². The molecule has 0 aliphatic heterocycles. The van der Waals surface area contributed by atoms with E-state index in [0.717, 1.165) is 17.7 Å². The van der Waals surface area contributed by atoms with Crippen molar-refractivity contribution in [2.75, 3.05) is 6.54 Å². The molecule has 2 atom stereocenters. The van der Waals surface area contributed by atoms with Gasteiger partial charge in [-0.15, -0.1) is 0 Å². The molecule has 21 heavy (non-hydrogen) atoms. The van der Waals surface area contributed by atoms with Crippen molar-refractivity contribution in [3.63, 3.8) is 0 Å². The van der Waals surface area contributed by atoms with Crippen LogP contribution in [0.4, 0.5) is 0 Å². The molecule has 1 aromatic heterocycles.